The number of sulfonamides is 1. The van der Waals surface area contributed by atoms with Crippen LogP contribution in [0.5, 0.6) is 5.75 Å². The quantitative estimate of drug-likeness (QED) is 0.719. The molecule has 0 spiro atoms. The molecule has 2 aromatic rings. The Morgan fingerprint density at radius 1 is 1.08 bits per heavy atom. The van der Waals surface area contributed by atoms with E-state index in [-0.39, 0.29) is 0 Å². The largest absolute Gasteiger partial charge is 0.490 e. The lowest BCUT2D eigenvalue weighted by atomic mass is 10.1. The lowest BCUT2D eigenvalue weighted by Crippen LogP contribution is -2.26. The van der Waals surface area contributed by atoms with Crippen molar-refractivity contribution < 1.29 is 13.2 Å². The molecule has 0 aliphatic rings. The molecular weight excluding hydrogens is 322 g/mol. The number of aryl methyl sites for hydroxylation is 2. The van der Waals surface area contributed by atoms with Gasteiger partial charge in [-0.3, -0.25) is 0 Å². The Bertz CT molecular complexity index is 811. The molecule has 5 heteroatoms. The Hall–Kier alpha value is -2.11. The Morgan fingerprint density at radius 3 is 2.33 bits per heavy atom. The van der Waals surface area contributed by atoms with Gasteiger partial charge in [0, 0.05) is 13.6 Å². The normalized spacial score (nSPS) is 11.5. The van der Waals surface area contributed by atoms with Crippen LogP contribution in [0.25, 0.3) is 0 Å². The van der Waals surface area contributed by atoms with Gasteiger partial charge < -0.3 is 4.74 Å². The number of rotatable bonds is 7. The van der Waals surface area contributed by atoms with E-state index in [1.54, 1.807) is 25.3 Å². The predicted octanol–water partition coefficient (Wildman–Crippen LogP) is 3.69. The molecule has 0 N–H and O–H groups in total. The second-order valence-electron chi connectivity index (χ2n) is 5.75. The lowest BCUT2D eigenvalue weighted by molar-refractivity contribution is 0.363. The van der Waals surface area contributed by atoms with Crippen LogP contribution in [0.4, 0.5) is 0 Å². The average Bonchev–Trinajstić information content (AvgIpc) is 2.56. The van der Waals surface area contributed by atoms with Gasteiger partial charge >= 0.3 is 0 Å². The van der Waals surface area contributed by atoms with Crippen molar-refractivity contribution in [2.75, 3.05) is 13.7 Å². The Balaban J connectivity index is 2.14. The van der Waals surface area contributed by atoms with Gasteiger partial charge in [0.2, 0.25) is 10.0 Å². The standard InChI is InChI=1S/C19H23NO3S/c1-5-12-23-18-9-7-17(8-10-18)14-20(4)24(21,22)19-11-6-15(2)16(3)13-19/h5-11,13H,1,12,14H2,2-4H3. The van der Waals surface area contributed by atoms with Crippen molar-refractivity contribution in [3.63, 3.8) is 0 Å². The smallest absolute Gasteiger partial charge is 0.243 e. The topological polar surface area (TPSA) is 46.6 Å². The molecule has 0 bridgehead atoms. The van der Waals surface area contributed by atoms with Crippen LogP contribution in [-0.2, 0) is 16.6 Å². The van der Waals surface area contributed by atoms with E-state index in [0.717, 1.165) is 22.4 Å². The fraction of sp³-hybridized carbons (Fsp3) is 0.263. The van der Waals surface area contributed by atoms with Crippen molar-refractivity contribution in [2.45, 2.75) is 25.3 Å². The molecule has 24 heavy (non-hydrogen) atoms. The highest BCUT2D eigenvalue weighted by molar-refractivity contribution is 7.89. The van der Waals surface area contributed by atoms with Gasteiger partial charge in [-0.05, 0) is 54.8 Å². The first-order valence-electron chi connectivity index (χ1n) is 7.71. The minimum absolute atomic E-state index is 0.303. The van der Waals surface area contributed by atoms with E-state index >= 15 is 0 Å². The van der Waals surface area contributed by atoms with E-state index in [1.165, 1.54) is 4.31 Å². The molecule has 0 aliphatic heterocycles. The van der Waals surface area contributed by atoms with Crippen molar-refractivity contribution in [1.82, 2.24) is 4.31 Å². The summed E-state index contributed by atoms with van der Waals surface area (Å²) < 4.78 is 32.2. The summed E-state index contributed by atoms with van der Waals surface area (Å²) in [6.07, 6.45) is 1.68. The van der Waals surface area contributed by atoms with Gasteiger partial charge in [-0.15, -0.1) is 0 Å². The second-order valence-corrected chi connectivity index (χ2v) is 7.80. The first kappa shape index (κ1) is 18.2. The van der Waals surface area contributed by atoms with E-state index in [0.29, 0.717) is 18.0 Å². The summed E-state index contributed by atoms with van der Waals surface area (Å²) in [5.74, 6) is 0.735. The Labute approximate surface area is 144 Å². The third-order valence-corrected chi connectivity index (χ3v) is 5.68. The summed E-state index contributed by atoms with van der Waals surface area (Å²) in [4.78, 5) is 0.319. The molecule has 128 valence electrons. The van der Waals surface area contributed by atoms with Crippen molar-refractivity contribution >= 4 is 10.0 Å². The zero-order chi connectivity index (χ0) is 17.7. The number of ether oxygens (including phenoxy) is 1. The maximum Gasteiger partial charge on any atom is 0.243 e. The van der Waals surface area contributed by atoms with Crippen LogP contribution in [-0.4, -0.2) is 26.4 Å². The zero-order valence-corrected chi connectivity index (χ0v) is 15.1. The molecule has 0 atom stereocenters. The highest BCUT2D eigenvalue weighted by Gasteiger charge is 2.21. The summed E-state index contributed by atoms with van der Waals surface area (Å²) in [6, 6.07) is 12.6. The fourth-order valence-corrected chi connectivity index (χ4v) is 3.49. The molecule has 0 aromatic heterocycles. The molecule has 0 saturated heterocycles. The summed E-state index contributed by atoms with van der Waals surface area (Å²) in [5.41, 5.74) is 2.94. The molecule has 0 amide bonds. The highest BCUT2D eigenvalue weighted by Crippen LogP contribution is 2.20. The van der Waals surface area contributed by atoms with Gasteiger partial charge in [0.25, 0.3) is 0 Å². The minimum Gasteiger partial charge on any atom is -0.490 e. The SMILES string of the molecule is C=CCOc1ccc(CN(C)S(=O)(=O)c2ccc(C)c(C)c2)cc1. The summed E-state index contributed by atoms with van der Waals surface area (Å²) in [6.45, 7) is 8.23. The molecule has 4 nitrogen and oxygen atoms in total. The third-order valence-electron chi connectivity index (χ3n) is 3.88. The van der Waals surface area contributed by atoms with E-state index in [1.807, 2.05) is 44.2 Å². The number of nitrogens with zero attached hydrogens (tertiary/aromatic N) is 1. The monoisotopic (exact) mass is 345 g/mol. The number of hydrogen-bond acceptors (Lipinski definition) is 3. The second kappa shape index (κ2) is 7.64. The van der Waals surface area contributed by atoms with Gasteiger partial charge in [-0.2, -0.15) is 4.31 Å². The molecule has 0 unspecified atom stereocenters. The molecule has 0 radical (unpaired) electrons. The predicted molar refractivity (Wildman–Crippen MR) is 96.7 cm³/mol. The van der Waals surface area contributed by atoms with Crippen molar-refractivity contribution in [2.24, 2.45) is 0 Å². The average molecular weight is 345 g/mol. The summed E-state index contributed by atoms with van der Waals surface area (Å²) >= 11 is 0. The van der Waals surface area contributed by atoms with Crippen molar-refractivity contribution in [3.05, 3.63) is 71.8 Å². The van der Waals surface area contributed by atoms with Gasteiger partial charge in [0.05, 0.1) is 4.90 Å². The number of benzene rings is 2. The van der Waals surface area contributed by atoms with Crippen LogP contribution in [0, 0.1) is 13.8 Å². The first-order valence-corrected chi connectivity index (χ1v) is 9.15. The van der Waals surface area contributed by atoms with Crippen LogP contribution in [0.2, 0.25) is 0 Å². The van der Waals surface area contributed by atoms with Crippen LogP contribution < -0.4 is 4.74 Å². The first-order chi connectivity index (χ1) is 11.3. The minimum atomic E-state index is -3.51. The van der Waals surface area contributed by atoms with Gasteiger partial charge in [-0.25, -0.2) is 8.42 Å². The zero-order valence-electron chi connectivity index (χ0n) is 14.3. The summed E-state index contributed by atoms with van der Waals surface area (Å²) in [7, 11) is -1.92. The molecule has 2 rings (SSSR count). The molecule has 0 heterocycles. The van der Waals surface area contributed by atoms with Crippen LogP contribution in [0.1, 0.15) is 16.7 Å². The van der Waals surface area contributed by atoms with E-state index in [9.17, 15) is 8.42 Å². The Kier molecular flexibility index (Phi) is 5.80. The van der Waals surface area contributed by atoms with Gasteiger partial charge in [-0.1, -0.05) is 30.9 Å². The van der Waals surface area contributed by atoms with Crippen LogP contribution >= 0.6 is 0 Å². The molecule has 2 aromatic carbocycles. The van der Waals surface area contributed by atoms with E-state index in [4.69, 9.17) is 4.74 Å². The van der Waals surface area contributed by atoms with Crippen molar-refractivity contribution in [1.29, 1.82) is 0 Å². The Morgan fingerprint density at radius 2 is 1.75 bits per heavy atom. The maximum absolute atomic E-state index is 12.7. The van der Waals surface area contributed by atoms with Gasteiger partial charge in [0.1, 0.15) is 12.4 Å². The fourth-order valence-electron chi connectivity index (χ4n) is 2.24. The number of hydrogen-bond donors (Lipinski definition) is 0. The van der Waals surface area contributed by atoms with Gasteiger partial charge in [0.15, 0.2) is 0 Å². The molecule has 0 saturated carbocycles. The van der Waals surface area contributed by atoms with Crippen molar-refractivity contribution in [3.8, 4) is 5.75 Å². The summed E-state index contributed by atoms with van der Waals surface area (Å²) in [5, 5.41) is 0. The van der Waals surface area contributed by atoms with E-state index < -0.39 is 10.0 Å². The lowest BCUT2D eigenvalue weighted by Gasteiger charge is -2.18. The van der Waals surface area contributed by atoms with Crippen LogP contribution in [0.3, 0.4) is 0 Å². The molecular formula is C19H23NO3S. The van der Waals surface area contributed by atoms with Crippen LogP contribution in [0.15, 0.2) is 60.0 Å². The van der Waals surface area contributed by atoms with E-state index in [2.05, 4.69) is 6.58 Å². The third kappa shape index (κ3) is 4.24. The highest BCUT2D eigenvalue weighted by atomic mass is 32.2. The maximum atomic E-state index is 12.7. The molecule has 0 aliphatic carbocycles. The molecule has 0 fully saturated rings.